The van der Waals surface area contributed by atoms with Crippen LogP contribution in [0.2, 0.25) is 5.15 Å². The molecule has 27 heavy (non-hydrogen) atoms. The van der Waals surface area contributed by atoms with Crippen LogP contribution >= 0.6 is 11.6 Å². The van der Waals surface area contributed by atoms with E-state index in [2.05, 4.69) is 9.97 Å². The molecule has 0 saturated heterocycles. The summed E-state index contributed by atoms with van der Waals surface area (Å²) in [6.07, 6.45) is 1.25. The maximum absolute atomic E-state index is 13.4. The highest BCUT2D eigenvalue weighted by atomic mass is 35.5. The lowest BCUT2D eigenvalue weighted by molar-refractivity contribution is 0.415. The molecule has 136 valence electrons. The van der Waals surface area contributed by atoms with Crippen LogP contribution in [0, 0.1) is 0 Å². The summed E-state index contributed by atoms with van der Waals surface area (Å²) < 4.78 is 33.1. The maximum Gasteiger partial charge on any atom is 0.269 e. The fraction of sp³-hybridized carbons (Fsp3) is 0.0526. The fourth-order valence-corrected chi connectivity index (χ4v) is 4.55. The van der Waals surface area contributed by atoms with Gasteiger partial charge in [-0.05, 0) is 48.0 Å². The van der Waals surface area contributed by atoms with Crippen LogP contribution in [0.15, 0.2) is 71.9 Å². The van der Waals surface area contributed by atoms with Crippen molar-refractivity contribution in [3.05, 3.63) is 72.1 Å². The summed E-state index contributed by atoms with van der Waals surface area (Å²) in [6.45, 7) is 0. The Bertz CT molecular complexity index is 1220. The summed E-state index contributed by atoms with van der Waals surface area (Å²) in [7, 11) is -2.33. The van der Waals surface area contributed by atoms with Crippen molar-refractivity contribution < 1.29 is 13.2 Å². The van der Waals surface area contributed by atoms with Crippen molar-refractivity contribution in [2.75, 3.05) is 7.11 Å². The summed E-state index contributed by atoms with van der Waals surface area (Å²) in [5, 5.41) is 0.654. The second-order valence-corrected chi connectivity index (χ2v) is 7.89. The number of aromatic nitrogens is 3. The molecule has 0 radical (unpaired) electrons. The van der Waals surface area contributed by atoms with E-state index in [1.807, 2.05) is 0 Å². The highest BCUT2D eigenvalue weighted by Gasteiger charge is 2.25. The van der Waals surface area contributed by atoms with Crippen molar-refractivity contribution in [2.45, 2.75) is 4.90 Å². The van der Waals surface area contributed by atoms with Gasteiger partial charge in [-0.25, -0.2) is 22.4 Å². The van der Waals surface area contributed by atoms with E-state index in [9.17, 15) is 8.42 Å². The molecule has 0 saturated carbocycles. The lowest BCUT2D eigenvalue weighted by Gasteiger charge is -2.12. The topological polar surface area (TPSA) is 74.1 Å². The SMILES string of the molecule is COc1ccc(-c2cc3c(Cl)ncnc3n2S(=O)(=O)c2ccccc2)cc1. The second-order valence-electron chi connectivity index (χ2n) is 5.74. The lowest BCUT2D eigenvalue weighted by atomic mass is 10.1. The average molecular weight is 400 g/mol. The summed E-state index contributed by atoms with van der Waals surface area (Å²) in [6, 6.07) is 17.0. The van der Waals surface area contributed by atoms with Crippen molar-refractivity contribution >= 4 is 32.7 Å². The molecular formula is C19H14ClN3O3S. The molecule has 2 aromatic carbocycles. The molecule has 0 bridgehead atoms. The van der Waals surface area contributed by atoms with Crippen molar-refractivity contribution in [1.29, 1.82) is 0 Å². The van der Waals surface area contributed by atoms with Gasteiger partial charge in [-0.3, -0.25) is 0 Å². The molecule has 8 heteroatoms. The standard InChI is InChI=1S/C19H14ClN3O3S/c1-26-14-9-7-13(8-10-14)17-11-16-18(20)21-12-22-19(16)23(17)27(24,25)15-5-3-2-4-6-15/h2-12H,1H3. The Morgan fingerprint density at radius 2 is 1.70 bits per heavy atom. The highest BCUT2D eigenvalue weighted by Crippen LogP contribution is 2.34. The van der Waals surface area contributed by atoms with Crippen LogP contribution in [0.3, 0.4) is 0 Å². The molecule has 0 atom stereocenters. The van der Waals surface area contributed by atoms with Crippen LogP contribution in [0.25, 0.3) is 22.3 Å². The van der Waals surface area contributed by atoms with Crippen molar-refractivity contribution in [3.8, 4) is 17.0 Å². The van der Waals surface area contributed by atoms with Gasteiger partial charge in [-0.1, -0.05) is 29.8 Å². The molecule has 6 nitrogen and oxygen atoms in total. The number of fused-ring (bicyclic) bond motifs is 1. The zero-order valence-electron chi connectivity index (χ0n) is 14.2. The zero-order chi connectivity index (χ0) is 19.0. The van der Waals surface area contributed by atoms with Crippen LogP contribution in [0.4, 0.5) is 0 Å². The van der Waals surface area contributed by atoms with Crippen LogP contribution in [-0.4, -0.2) is 29.5 Å². The third kappa shape index (κ3) is 2.94. The van der Waals surface area contributed by atoms with Crippen molar-refractivity contribution in [3.63, 3.8) is 0 Å². The van der Waals surface area contributed by atoms with Gasteiger partial charge in [-0.2, -0.15) is 0 Å². The number of hydrogen-bond acceptors (Lipinski definition) is 5. The lowest BCUT2D eigenvalue weighted by Crippen LogP contribution is -2.14. The first-order valence-corrected chi connectivity index (χ1v) is 9.81. The molecule has 0 aliphatic carbocycles. The number of rotatable bonds is 4. The molecule has 0 spiro atoms. The first-order chi connectivity index (χ1) is 13.0. The first-order valence-electron chi connectivity index (χ1n) is 7.99. The minimum Gasteiger partial charge on any atom is -0.497 e. The number of halogens is 1. The third-order valence-corrected chi connectivity index (χ3v) is 6.19. The van der Waals surface area contributed by atoms with E-state index in [1.54, 1.807) is 67.8 Å². The summed E-state index contributed by atoms with van der Waals surface area (Å²) in [4.78, 5) is 8.30. The van der Waals surface area contributed by atoms with E-state index in [0.29, 0.717) is 22.4 Å². The Labute approximate surface area is 161 Å². The van der Waals surface area contributed by atoms with E-state index in [-0.39, 0.29) is 15.7 Å². The van der Waals surface area contributed by atoms with Crippen LogP contribution in [0.1, 0.15) is 0 Å². The van der Waals surface area contributed by atoms with Crippen LogP contribution < -0.4 is 4.74 Å². The van der Waals surface area contributed by atoms with Crippen molar-refractivity contribution in [1.82, 2.24) is 13.9 Å². The van der Waals surface area contributed by atoms with Crippen LogP contribution in [0.5, 0.6) is 5.75 Å². The molecule has 0 unspecified atom stereocenters. The average Bonchev–Trinajstić information content (AvgIpc) is 3.10. The molecule has 2 heterocycles. The minimum absolute atomic E-state index is 0.159. The number of benzene rings is 2. The Morgan fingerprint density at radius 3 is 2.37 bits per heavy atom. The fourth-order valence-electron chi connectivity index (χ4n) is 2.86. The molecule has 4 aromatic rings. The summed E-state index contributed by atoms with van der Waals surface area (Å²) in [5.74, 6) is 0.671. The molecule has 0 aliphatic heterocycles. The van der Waals surface area contributed by atoms with Gasteiger partial charge in [0, 0.05) is 0 Å². The monoisotopic (exact) mass is 399 g/mol. The van der Waals surface area contributed by atoms with Gasteiger partial charge in [0.15, 0.2) is 5.65 Å². The third-order valence-electron chi connectivity index (χ3n) is 4.17. The molecular weight excluding hydrogens is 386 g/mol. The number of nitrogens with zero attached hydrogens (tertiary/aromatic N) is 3. The van der Waals surface area contributed by atoms with Crippen LogP contribution in [-0.2, 0) is 10.0 Å². The normalized spacial score (nSPS) is 11.6. The molecule has 2 aromatic heterocycles. The zero-order valence-corrected chi connectivity index (χ0v) is 15.8. The highest BCUT2D eigenvalue weighted by molar-refractivity contribution is 7.90. The number of hydrogen-bond donors (Lipinski definition) is 0. The van der Waals surface area contributed by atoms with E-state index < -0.39 is 10.0 Å². The smallest absolute Gasteiger partial charge is 0.269 e. The molecule has 0 fully saturated rings. The van der Waals surface area contributed by atoms with E-state index >= 15 is 0 Å². The van der Waals surface area contributed by atoms with Gasteiger partial charge < -0.3 is 4.74 Å². The Hall–Kier alpha value is -2.90. The number of methoxy groups -OCH3 is 1. The van der Waals surface area contributed by atoms with Crippen molar-refractivity contribution in [2.24, 2.45) is 0 Å². The quantitative estimate of drug-likeness (QED) is 0.485. The molecule has 0 amide bonds. The molecule has 0 aliphatic rings. The Kier molecular flexibility index (Phi) is 4.33. The molecule has 4 rings (SSSR count). The van der Waals surface area contributed by atoms with E-state index in [4.69, 9.17) is 16.3 Å². The van der Waals surface area contributed by atoms with Gasteiger partial charge in [0.1, 0.15) is 17.2 Å². The Morgan fingerprint density at radius 1 is 1.00 bits per heavy atom. The molecule has 0 N–H and O–H groups in total. The van der Waals surface area contributed by atoms with E-state index in [0.717, 1.165) is 0 Å². The first kappa shape index (κ1) is 17.5. The second kappa shape index (κ2) is 6.68. The minimum atomic E-state index is -3.90. The summed E-state index contributed by atoms with van der Waals surface area (Å²) in [5.41, 5.74) is 1.35. The predicted molar refractivity (Wildman–Crippen MR) is 104 cm³/mol. The van der Waals surface area contributed by atoms with Gasteiger partial charge in [-0.15, -0.1) is 0 Å². The predicted octanol–water partition coefficient (Wildman–Crippen LogP) is 4.00. The van der Waals surface area contributed by atoms with Gasteiger partial charge in [0.2, 0.25) is 0 Å². The summed E-state index contributed by atoms with van der Waals surface area (Å²) >= 11 is 6.19. The maximum atomic E-state index is 13.4. The largest absolute Gasteiger partial charge is 0.497 e. The van der Waals surface area contributed by atoms with E-state index in [1.165, 1.54) is 10.3 Å². The number of ether oxygens (including phenoxy) is 1. The van der Waals surface area contributed by atoms with Gasteiger partial charge >= 0.3 is 0 Å². The van der Waals surface area contributed by atoms with Gasteiger partial charge in [0.05, 0.1) is 23.1 Å². The van der Waals surface area contributed by atoms with Gasteiger partial charge in [0.25, 0.3) is 10.0 Å². The Balaban J connectivity index is 2.05.